The number of thioether (sulfide) groups is 3. The molecule has 4 atom stereocenters. The highest BCUT2D eigenvalue weighted by atomic mass is 35.5. The van der Waals surface area contributed by atoms with Crippen LogP contribution in [0.25, 0.3) is 0 Å². The van der Waals surface area contributed by atoms with Gasteiger partial charge in [-0.1, -0.05) is 154 Å². The molecule has 61 heavy (non-hydrogen) atoms. The van der Waals surface area contributed by atoms with E-state index < -0.39 is 56.6 Å². The van der Waals surface area contributed by atoms with E-state index in [1.807, 2.05) is 91.0 Å². The van der Waals surface area contributed by atoms with Gasteiger partial charge in [0.1, 0.15) is 31.8 Å². The summed E-state index contributed by atoms with van der Waals surface area (Å²) in [5.41, 5.74) is 5.83. The van der Waals surface area contributed by atoms with Crippen molar-refractivity contribution in [3.63, 3.8) is 0 Å². The van der Waals surface area contributed by atoms with Crippen molar-refractivity contribution < 1.29 is 33.9 Å². The number of hydrogen-bond donors (Lipinski definition) is 4. The van der Waals surface area contributed by atoms with E-state index in [0.29, 0.717) is 8.68 Å². The van der Waals surface area contributed by atoms with Gasteiger partial charge in [-0.2, -0.15) is 0 Å². The molecule has 0 saturated carbocycles. The molecule has 0 radical (unpaired) electrons. The highest BCUT2D eigenvalue weighted by Crippen LogP contribution is 2.48. The van der Waals surface area contributed by atoms with Gasteiger partial charge in [-0.3, -0.25) is 14.4 Å². The minimum atomic E-state index is -1.46. The molecule has 0 bridgehead atoms. The van der Waals surface area contributed by atoms with Gasteiger partial charge in [-0.15, -0.1) is 22.0 Å². The van der Waals surface area contributed by atoms with Crippen molar-refractivity contribution in [1.29, 1.82) is 0 Å². The number of nitrogens with two attached hydrogens (primary N) is 1. The molecule has 4 heterocycles. The van der Waals surface area contributed by atoms with Crippen molar-refractivity contribution in [3.8, 4) is 0 Å². The van der Waals surface area contributed by atoms with Gasteiger partial charge in [0, 0.05) is 29.0 Å². The number of amides is 3. The Labute approximate surface area is 376 Å². The van der Waals surface area contributed by atoms with Crippen molar-refractivity contribution in [2.75, 3.05) is 18.0 Å². The van der Waals surface area contributed by atoms with E-state index in [0.717, 1.165) is 39.8 Å². The lowest BCUT2D eigenvalue weighted by Crippen LogP contribution is -2.74. The smallest absolute Gasteiger partial charge is 0.408 e. The van der Waals surface area contributed by atoms with E-state index in [4.69, 9.17) is 26.9 Å². The number of carboxylic acids is 1. The fraction of sp³-hybridized carbons (Fsp3) is 0.300. The number of benzene rings is 3. The minimum Gasteiger partial charge on any atom is -0.480 e. The normalized spacial score (nSPS) is 19.6. The molecular weight excluding hydrogens is 900 g/mol. The summed E-state index contributed by atoms with van der Waals surface area (Å²) in [5, 5.41) is 28.0. The fourth-order valence-electron chi connectivity index (χ4n) is 6.55. The Kier molecular flexibility index (Phi) is 13.2. The molecule has 2 aromatic heterocycles. The van der Waals surface area contributed by atoms with Gasteiger partial charge in [0.05, 0.1) is 5.37 Å². The van der Waals surface area contributed by atoms with E-state index in [9.17, 15) is 24.3 Å². The van der Waals surface area contributed by atoms with Crippen LogP contribution in [0, 0.1) is 0 Å². The van der Waals surface area contributed by atoms with Crippen LogP contribution in [-0.4, -0.2) is 94.2 Å². The number of halogens is 1. The average Bonchev–Trinajstić information content (AvgIpc) is 3.81. The van der Waals surface area contributed by atoms with Crippen LogP contribution in [0.15, 0.2) is 105 Å². The zero-order chi connectivity index (χ0) is 43.5. The third-order valence-electron chi connectivity index (χ3n) is 9.26. The molecular formula is C40H39ClN8O7S5. The Morgan fingerprint density at radius 3 is 2.07 bits per heavy atom. The molecule has 7 rings (SSSR count). The van der Waals surface area contributed by atoms with Crippen LogP contribution in [0.4, 0.5) is 9.93 Å². The van der Waals surface area contributed by atoms with Crippen LogP contribution in [0.1, 0.15) is 50.1 Å². The molecule has 318 valence electrons. The summed E-state index contributed by atoms with van der Waals surface area (Å²) in [4.78, 5) is 65.6. The number of carbonyl (C=O) groups is 4. The molecule has 2 aliphatic rings. The number of aliphatic carboxylic acids is 1. The van der Waals surface area contributed by atoms with Gasteiger partial charge in [-0.25, -0.2) is 9.78 Å². The second kappa shape index (κ2) is 18.2. The number of nitrogens with zero attached hydrogens (tertiary/aromatic N) is 5. The maximum atomic E-state index is 14.3. The molecule has 15 nitrogen and oxygen atoms in total. The third-order valence-corrected chi connectivity index (χ3v) is 15.5. The van der Waals surface area contributed by atoms with Crippen molar-refractivity contribution in [3.05, 3.63) is 118 Å². The summed E-state index contributed by atoms with van der Waals surface area (Å²) in [6.07, 6.45) is -0.580. The van der Waals surface area contributed by atoms with E-state index in [1.54, 1.807) is 27.7 Å². The van der Waals surface area contributed by atoms with Gasteiger partial charge in [0.25, 0.3) is 5.91 Å². The Balaban J connectivity index is 1.10. The van der Waals surface area contributed by atoms with Gasteiger partial charge >= 0.3 is 12.1 Å². The first-order chi connectivity index (χ1) is 29.1. The van der Waals surface area contributed by atoms with Crippen molar-refractivity contribution in [1.82, 2.24) is 30.7 Å². The maximum Gasteiger partial charge on any atom is 0.408 e. The first kappa shape index (κ1) is 44.2. The Bertz CT molecular complexity index is 2340. The number of carboxylic acid groups (broad SMARTS) is 1. The van der Waals surface area contributed by atoms with Gasteiger partial charge < -0.3 is 35.9 Å². The van der Waals surface area contributed by atoms with E-state index in [1.165, 1.54) is 39.8 Å². The number of hydrogen-bond acceptors (Lipinski definition) is 16. The lowest BCUT2D eigenvalue weighted by Gasteiger charge is -2.53. The van der Waals surface area contributed by atoms with E-state index in [-0.39, 0.29) is 33.2 Å². The molecule has 2 aliphatic heterocycles. The second-order valence-corrected chi connectivity index (χ2v) is 21.7. The highest BCUT2D eigenvalue weighted by molar-refractivity contribution is 8.06. The highest BCUT2D eigenvalue weighted by Gasteiger charge is 2.58. The number of aromatic nitrogens is 3. The number of carbonyl (C=O) groups excluding carboxylic acids is 3. The lowest BCUT2D eigenvalue weighted by atomic mass is 9.80. The maximum absolute atomic E-state index is 14.3. The van der Waals surface area contributed by atoms with Gasteiger partial charge in [0.15, 0.2) is 19.5 Å². The number of thiazole rings is 1. The number of β-lactam (4-membered cyclic amide) rings is 1. The number of alkyl carbamates (subject to hydrolysis) is 1. The summed E-state index contributed by atoms with van der Waals surface area (Å²) < 4.78 is 4.82. The Hall–Kier alpha value is -4.86. The number of oxime groups is 1. The zero-order valence-corrected chi connectivity index (χ0v) is 37.8. The van der Waals surface area contributed by atoms with Crippen LogP contribution in [0.3, 0.4) is 0 Å². The van der Waals surface area contributed by atoms with E-state index in [2.05, 4.69) is 31.0 Å². The first-order valence-electron chi connectivity index (χ1n) is 18.6. The van der Waals surface area contributed by atoms with Crippen LogP contribution in [0.2, 0.25) is 4.34 Å². The molecule has 2 saturated heterocycles. The molecule has 2 fully saturated rings. The topological polar surface area (TPSA) is 211 Å². The number of fused-ring (bicyclic) bond motifs is 1. The Morgan fingerprint density at radius 2 is 1.54 bits per heavy atom. The predicted molar refractivity (Wildman–Crippen MR) is 239 cm³/mol. The van der Waals surface area contributed by atoms with Crippen LogP contribution < -0.4 is 16.4 Å². The monoisotopic (exact) mass is 938 g/mol. The molecule has 0 spiro atoms. The summed E-state index contributed by atoms with van der Waals surface area (Å²) in [6, 6.07) is 27.3. The predicted octanol–water partition coefficient (Wildman–Crippen LogP) is 6.92. The average molecular weight is 940 g/mol. The van der Waals surface area contributed by atoms with Crippen molar-refractivity contribution >= 4 is 104 Å². The molecule has 21 heteroatoms. The minimum absolute atomic E-state index is 0.0319. The molecule has 3 amide bonds. The molecule has 2 unspecified atom stereocenters. The van der Waals surface area contributed by atoms with Crippen LogP contribution in [-0.2, 0) is 29.6 Å². The molecule has 5 N–H and O–H groups in total. The number of ether oxygens (including phenoxy) is 1. The first-order valence-corrected chi connectivity index (χ1v) is 23.3. The SMILES string of the molecule is CC(NC(=O)OC(C)(C)C)Sc1nnc(SC2(C(=O)O)CS[C@@H]3[C@H](NC(=O)C(=NOC(c4ccccc4)(c4ccccc4)c4ccccc4)c4nc(N)sc4Cl)C(=O)N3C2)s1. The lowest BCUT2D eigenvalue weighted by molar-refractivity contribution is -0.151. The number of nitrogen functional groups attached to an aromatic ring is 1. The van der Waals surface area contributed by atoms with Crippen LogP contribution in [0.5, 0.6) is 0 Å². The quantitative estimate of drug-likeness (QED) is 0.0222. The molecule has 3 aromatic carbocycles. The van der Waals surface area contributed by atoms with Crippen molar-refractivity contribution in [2.45, 2.75) is 69.1 Å². The fourth-order valence-corrected chi connectivity index (χ4v) is 12.8. The summed E-state index contributed by atoms with van der Waals surface area (Å²) in [7, 11) is 0. The molecule has 0 aliphatic carbocycles. The summed E-state index contributed by atoms with van der Waals surface area (Å²) in [6.45, 7) is 6.91. The van der Waals surface area contributed by atoms with Gasteiger partial charge in [-0.05, 0) is 27.7 Å². The van der Waals surface area contributed by atoms with E-state index >= 15 is 0 Å². The third kappa shape index (κ3) is 9.63. The largest absolute Gasteiger partial charge is 0.480 e. The number of nitrogens with one attached hydrogen (secondary N) is 2. The standard InChI is InChI=1S/C40H39ClN8O7S5/c1-22(43-35(54)55-38(2,3)4)58-36-46-47-37(60-36)61-39(33(52)53)20-49-31(51)28(32(49)57-21-39)44-30(50)27(26-29(41)59-34(42)45-26)48-56-40(23-14-8-5-9-15-23,24-16-10-6-11-17-24)25-18-12-7-13-19-25/h5-19,22,28,32H,20-21H2,1-4H3,(H2,42,45)(H,43,54)(H,44,50)(H,52,53)/t22?,28-,32-,39?/m1/s1. The Morgan fingerprint density at radius 1 is 0.967 bits per heavy atom. The van der Waals surface area contributed by atoms with Gasteiger partial charge in [0.2, 0.25) is 11.5 Å². The zero-order valence-electron chi connectivity index (χ0n) is 32.9. The van der Waals surface area contributed by atoms with Crippen molar-refractivity contribution in [2.24, 2.45) is 5.16 Å². The summed E-state index contributed by atoms with van der Waals surface area (Å²) >= 11 is 12.2. The number of anilines is 1. The summed E-state index contributed by atoms with van der Waals surface area (Å²) in [5.74, 6) is -2.33. The molecule has 5 aromatic rings. The number of rotatable bonds is 14. The van der Waals surface area contributed by atoms with Crippen LogP contribution >= 0.6 is 69.6 Å². The second-order valence-electron chi connectivity index (χ2n) is 14.7.